The third-order valence-corrected chi connectivity index (χ3v) is 5.64. The zero-order chi connectivity index (χ0) is 16.6. The van der Waals surface area contributed by atoms with Gasteiger partial charge in [-0.15, -0.1) is 0 Å². The Bertz CT molecular complexity index is 984. The monoisotopic (exact) mass is 369 g/mol. The van der Waals surface area contributed by atoms with Crippen molar-refractivity contribution in [2.24, 2.45) is 7.05 Å². The van der Waals surface area contributed by atoms with E-state index in [-0.39, 0.29) is 16.5 Å². The third-order valence-electron chi connectivity index (χ3n) is 3.50. The molecule has 1 heterocycles. The second-order valence-electron chi connectivity index (χ2n) is 4.98. The minimum atomic E-state index is -3.70. The van der Waals surface area contributed by atoms with E-state index >= 15 is 0 Å². The summed E-state index contributed by atoms with van der Waals surface area (Å²) in [5.74, 6) is 0.620. The Morgan fingerprint density at radius 2 is 1.87 bits per heavy atom. The first kappa shape index (κ1) is 16.3. The summed E-state index contributed by atoms with van der Waals surface area (Å²) >= 11 is 11.7. The van der Waals surface area contributed by atoms with E-state index in [2.05, 4.69) is 9.71 Å². The summed E-state index contributed by atoms with van der Waals surface area (Å²) in [6.45, 7) is 0.0771. The fourth-order valence-electron chi connectivity index (χ4n) is 2.24. The van der Waals surface area contributed by atoms with Gasteiger partial charge in [0.15, 0.2) is 0 Å². The van der Waals surface area contributed by atoms with Crippen molar-refractivity contribution in [3.05, 3.63) is 58.3 Å². The van der Waals surface area contributed by atoms with Crippen LogP contribution in [0.15, 0.2) is 47.4 Å². The molecular weight excluding hydrogens is 357 g/mol. The highest BCUT2D eigenvalue weighted by atomic mass is 35.5. The average molecular weight is 370 g/mol. The number of fused-ring (bicyclic) bond motifs is 1. The summed E-state index contributed by atoms with van der Waals surface area (Å²) in [5, 5.41) is 0.498. The number of halogens is 2. The second kappa shape index (κ2) is 6.13. The lowest BCUT2D eigenvalue weighted by atomic mass is 10.3. The highest BCUT2D eigenvalue weighted by Crippen LogP contribution is 2.25. The molecule has 1 N–H and O–H groups in total. The van der Waals surface area contributed by atoms with Crippen LogP contribution < -0.4 is 4.72 Å². The van der Waals surface area contributed by atoms with Gasteiger partial charge in [-0.2, -0.15) is 0 Å². The maximum absolute atomic E-state index is 12.3. The molecule has 0 bridgehead atoms. The molecule has 0 aliphatic rings. The summed E-state index contributed by atoms with van der Waals surface area (Å²) < 4.78 is 29.1. The molecule has 0 fully saturated rings. The van der Waals surface area contributed by atoms with Gasteiger partial charge in [0.25, 0.3) is 0 Å². The van der Waals surface area contributed by atoms with E-state index in [0.29, 0.717) is 10.8 Å². The molecule has 1 aromatic heterocycles. The molecule has 2 aromatic carbocycles. The molecule has 23 heavy (non-hydrogen) atoms. The van der Waals surface area contributed by atoms with E-state index < -0.39 is 10.0 Å². The molecular formula is C15H13Cl2N3O2S. The summed E-state index contributed by atoms with van der Waals surface area (Å²) in [4.78, 5) is 4.49. The van der Waals surface area contributed by atoms with Crippen molar-refractivity contribution in [1.82, 2.24) is 14.3 Å². The Labute approximate surface area is 143 Å². The number of aryl methyl sites for hydroxylation is 1. The van der Waals surface area contributed by atoms with Crippen LogP contribution in [0.2, 0.25) is 10.0 Å². The van der Waals surface area contributed by atoms with Crippen molar-refractivity contribution in [3.63, 3.8) is 0 Å². The van der Waals surface area contributed by atoms with Gasteiger partial charge < -0.3 is 4.57 Å². The molecule has 0 aliphatic carbocycles. The van der Waals surface area contributed by atoms with Gasteiger partial charge in [-0.25, -0.2) is 18.1 Å². The maximum Gasteiger partial charge on any atom is 0.241 e. The van der Waals surface area contributed by atoms with Crippen LogP contribution in [0.4, 0.5) is 0 Å². The van der Waals surface area contributed by atoms with Crippen molar-refractivity contribution in [2.75, 3.05) is 0 Å². The van der Waals surface area contributed by atoms with Crippen molar-refractivity contribution < 1.29 is 8.42 Å². The molecule has 0 unspecified atom stereocenters. The van der Waals surface area contributed by atoms with Crippen LogP contribution in [0.1, 0.15) is 5.82 Å². The molecule has 0 amide bonds. The van der Waals surface area contributed by atoms with Crippen LogP contribution in [-0.2, 0) is 23.6 Å². The third kappa shape index (κ3) is 3.21. The van der Waals surface area contributed by atoms with Gasteiger partial charge in [0.05, 0.1) is 32.5 Å². The lowest BCUT2D eigenvalue weighted by Gasteiger charge is -2.08. The first-order chi connectivity index (χ1) is 10.9. The van der Waals surface area contributed by atoms with Crippen LogP contribution in [0.5, 0.6) is 0 Å². The molecule has 0 saturated heterocycles. The van der Waals surface area contributed by atoms with Gasteiger partial charge in [-0.05, 0) is 30.3 Å². The number of aromatic nitrogens is 2. The largest absolute Gasteiger partial charge is 0.330 e. The Morgan fingerprint density at radius 3 is 2.57 bits per heavy atom. The van der Waals surface area contributed by atoms with Crippen LogP contribution in [0.25, 0.3) is 11.0 Å². The number of nitrogens with zero attached hydrogens (tertiary/aromatic N) is 2. The van der Waals surface area contributed by atoms with Crippen LogP contribution >= 0.6 is 23.2 Å². The maximum atomic E-state index is 12.3. The Hall–Kier alpha value is -1.60. The van der Waals surface area contributed by atoms with Gasteiger partial charge in [0.2, 0.25) is 10.0 Å². The number of hydrogen-bond donors (Lipinski definition) is 1. The van der Waals surface area contributed by atoms with Crippen LogP contribution in [-0.4, -0.2) is 18.0 Å². The first-order valence-electron chi connectivity index (χ1n) is 6.73. The van der Waals surface area contributed by atoms with E-state index in [0.717, 1.165) is 11.0 Å². The molecule has 120 valence electrons. The topological polar surface area (TPSA) is 64.0 Å². The van der Waals surface area contributed by atoms with Gasteiger partial charge in [0, 0.05) is 7.05 Å². The highest BCUT2D eigenvalue weighted by molar-refractivity contribution is 7.89. The second-order valence-corrected chi connectivity index (χ2v) is 7.56. The normalized spacial score (nSPS) is 12.0. The van der Waals surface area contributed by atoms with Gasteiger partial charge >= 0.3 is 0 Å². The van der Waals surface area contributed by atoms with Crippen molar-refractivity contribution >= 4 is 44.3 Å². The predicted molar refractivity (Wildman–Crippen MR) is 91.2 cm³/mol. The standard InChI is InChI=1S/C15H13Cl2N3O2S/c1-20-14-5-3-2-4-13(14)19-15(20)9-18-23(21,22)10-6-7-11(16)12(17)8-10/h2-8,18H,9H2,1H3. The summed E-state index contributed by atoms with van der Waals surface area (Å²) in [6.07, 6.45) is 0. The van der Waals surface area contributed by atoms with E-state index in [4.69, 9.17) is 23.2 Å². The SMILES string of the molecule is Cn1c(CNS(=O)(=O)c2ccc(Cl)c(Cl)c2)nc2ccccc21. The number of hydrogen-bond acceptors (Lipinski definition) is 3. The zero-order valence-corrected chi connectivity index (χ0v) is 14.5. The minimum absolute atomic E-state index is 0.0608. The van der Waals surface area contributed by atoms with E-state index in [1.165, 1.54) is 18.2 Å². The number of imidazole rings is 1. The molecule has 0 saturated carbocycles. The number of rotatable bonds is 4. The molecule has 0 spiro atoms. The number of sulfonamides is 1. The lowest BCUT2D eigenvalue weighted by Crippen LogP contribution is -2.24. The van der Waals surface area contributed by atoms with E-state index in [9.17, 15) is 8.42 Å². The lowest BCUT2D eigenvalue weighted by molar-refractivity contribution is 0.578. The van der Waals surface area contributed by atoms with E-state index in [1.807, 2.05) is 35.9 Å². The smallest absolute Gasteiger partial charge is 0.241 e. The van der Waals surface area contributed by atoms with Crippen molar-refractivity contribution in [2.45, 2.75) is 11.4 Å². The molecule has 0 atom stereocenters. The first-order valence-corrected chi connectivity index (χ1v) is 8.97. The van der Waals surface area contributed by atoms with Crippen LogP contribution in [0.3, 0.4) is 0 Å². The summed E-state index contributed by atoms with van der Waals surface area (Å²) in [5.41, 5.74) is 1.76. The highest BCUT2D eigenvalue weighted by Gasteiger charge is 2.17. The molecule has 8 heteroatoms. The number of nitrogens with one attached hydrogen (secondary N) is 1. The Kier molecular flexibility index (Phi) is 4.33. The Morgan fingerprint density at radius 1 is 1.13 bits per heavy atom. The predicted octanol–water partition coefficient (Wildman–Crippen LogP) is 3.36. The quantitative estimate of drug-likeness (QED) is 0.766. The van der Waals surface area contributed by atoms with E-state index in [1.54, 1.807) is 0 Å². The Balaban J connectivity index is 1.86. The minimum Gasteiger partial charge on any atom is -0.330 e. The fourth-order valence-corrected chi connectivity index (χ4v) is 3.61. The van der Waals surface area contributed by atoms with Crippen LogP contribution in [0, 0.1) is 0 Å². The van der Waals surface area contributed by atoms with Gasteiger partial charge in [0.1, 0.15) is 5.82 Å². The number of para-hydroxylation sites is 2. The molecule has 5 nitrogen and oxygen atoms in total. The zero-order valence-electron chi connectivity index (χ0n) is 12.1. The average Bonchev–Trinajstić information content (AvgIpc) is 2.85. The summed E-state index contributed by atoms with van der Waals surface area (Å²) in [6, 6.07) is 11.8. The summed E-state index contributed by atoms with van der Waals surface area (Å²) in [7, 11) is -1.85. The number of benzene rings is 2. The molecule has 0 aliphatic heterocycles. The molecule has 3 aromatic rings. The van der Waals surface area contributed by atoms with Gasteiger partial charge in [-0.3, -0.25) is 0 Å². The van der Waals surface area contributed by atoms with Crippen molar-refractivity contribution in [3.8, 4) is 0 Å². The van der Waals surface area contributed by atoms with Gasteiger partial charge in [-0.1, -0.05) is 35.3 Å². The molecule has 3 rings (SSSR count). The fraction of sp³-hybridized carbons (Fsp3) is 0.133. The molecule has 0 radical (unpaired) electrons. The van der Waals surface area contributed by atoms with Crippen molar-refractivity contribution in [1.29, 1.82) is 0 Å².